The molecule has 1 aromatic heterocycles. The second kappa shape index (κ2) is 8.79. The van der Waals surface area contributed by atoms with Crippen molar-refractivity contribution >= 4 is 57.1 Å². The van der Waals surface area contributed by atoms with E-state index in [1.54, 1.807) is 13.0 Å². The van der Waals surface area contributed by atoms with Crippen LogP contribution in [0.1, 0.15) is 6.92 Å². The highest BCUT2D eigenvalue weighted by Crippen LogP contribution is 2.31. The highest BCUT2D eigenvalue weighted by Gasteiger charge is 2.19. The molecule has 1 heterocycles. The molecule has 1 atom stereocenters. The Morgan fingerprint density at radius 3 is 3.00 bits per heavy atom. The number of nitrogens with one attached hydrogen (secondary N) is 2. The second-order valence-corrected chi connectivity index (χ2v) is 7.69. The van der Waals surface area contributed by atoms with E-state index in [1.807, 2.05) is 0 Å². The molecule has 0 saturated heterocycles. The van der Waals surface area contributed by atoms with Gasteiger partial charge in [-0.3, -0.25) is 14.9 Å². The zero-order valence-electron chi connectivity index (χ0n) is 13.1. The van der Waals surface area contributed by atoms with Crippen LogP contribution in [0.5, 0.6) is 0 Å². The van der Waals surface area contributed by atoms with Gasteiger partial charge in [-0.2, -0.15) is 0 Å². The highest BCUT2D eigenvalue weighted by molar-refractivity contribution is 8.02. The summed E-state index contributed by atoms with van der Waals surface area (Å²) in [5, 5.41) is 24.8. The molecule has 0 spiro atoms. The number of carbonyl (C=O) groups is 1. The van der Waals surface area contributed by atoms with Crippen LogP contribution in [0, 0.1) is 10.1 Å². The maximum atomic E-state index is 12.3. The van der Waals surface area contributed by atoms with Gasteiger partial charge in [0, 0.05) is 18.7 Å². The molecule has 25 heavy (non-hydrogen) atoms. The van der Waals surface area contributed by atoms with Gasteiger partial charge in [0.25, 0.3) is 5.69 Å². The lowest BCUT2D eigenvalue weighted by Gasteiger charge is -2.11. The summed E-state index contributed by atoms with van der Waals surface area (Å²) in [6.45, 7) is 5.87. The average molecular weight is 400 g/mol. The number of hydrogen-bond acceptors (Lipinski definition) is 8. The predicted molar refractivity (Wildman–Crippen MR) is 101 cm³/mol. The van der Waals surface area contributed by atoms with E-state index in [1.165, 1.54) is 41.3 Å². The number of nitro benzene ring substituents is 1. The number of nitro groups is 1. The molecule has 0 aliphatic carbocycles. The fraction of sp³-hybridized carbons (Fsp3) is 0.214. The second-order valence-electron chi connectivity index (χ2n) is 4.71. The van der Waals surface area contributed by atoms with Crippen LogP contribution in [0.2, 0.25) is 5.02 Å². The summed E-state index contributed by atoms with van der Waals surface area (Å²) < 4.78 is 0.624. The lowest BCUT2D eigenvalue weighted by molar-refractivity contribution is -0.384. The molecule has 0 bridgehead atoms. The van der Waals surface area contributed by atoms with E-state index in [-0.39, 0.29) is 22.3 Å². The van der Waals surface area contributed by atoms with E-state index in [0.717, 1.165) is 0 Å². The maximum absolute atomic E-state index is 12.3. The van der Waals surface area contributed by atoms with Crippen molar-refractivity contribution in [1.82, 2.24) is 10.2 Å². The number of anilines is 2. The van der Waals surface area contributed by atoms with Gasteiger partial charge in [-0.1, -0.05) is 40.8 Å². The minimum Gasteiger partial charge on any atom is -0.357 e. The molecule has 0 saturated carbocycles. The van der Waals surface area contributed by atoms with Crippen LogP contribution in [0.15, 0.2) is 35.2 Å². The smallest absolute Gasteiger partial charge is 0.271 e. The van der Waals surface area contributed by atoms with Crippen LogP contribution in [-0.4, -0.2) is 32.8 Å². The SMILES string of the molecule is C=CCNc1nnc(SC(C)C(=O)Nc2cc([N+](=O)[O-])ccc2Cl)s1. The van der Waals surface area contributed by atoms with E-state index in [0.29, 0.717) is 16.0 Å². The zero-order valence-corrected chi connectivity index (χ0v) is 15.5. The third-order valence-corrected chi connectivity index (χ3v) is 5.26. The number of halogens is 1. The quantitative estimate of drug-likeness (QED) is 0.300. The predicted octanol–water partition coefficient (Wildman–Crippen LogP) is 3.82. The zero-order chi connectivity index (χ0) is 18.4. The van der Waals surface area contributed by atoms with E-state index in [9.17, 15) is 14.9 Å². The maximum Gasteiger partial charge on any atom is 0.271 e. The number of carbonyl (C=O) groups excluding carboxylic acids is 1. The number of non-ortho nitro benzene ring substituents is 1. The first-order valence-electron chi connectivity index (χ1n) is 7.00. The molecule has 2 aromatic rings. The van der Waals surface area contributed by atoms with Gasteiger partial charge >= 0.3 is 0 Å². The molecule has 0 aliphatic heterocycles. The lowest BCUT2D eigenvalue weighted by Crippen LogP contribution is -2.22. The van der Waals surface area contributed by atoms with Crippen molar-refractivity contribution in [2.45, 2.75) is 16.5 Å². The Labute approximate surface area is 156 Å². The largest absolute Gasteiger partial charge is 0.357 e. The Morgan fingerprint density at radius 1 is 1.56 bits per heavy atom. The summed E-state index contributed by atoms with van der Waals surface area (Å²) >= 11 is 8.53. The topological polar surface area (TPSA) is 110 Å². The molecule has 1 unspecified atom stereocenters. The van der Waals surface area contributed by atoms with Crippen LogP contribution < -0.4 is 10.6 Å². The van der Waals surface area contributed by atoms with Crippen LogP contribution in [-0.2, 0) is 4.79 Å². The number of aromatic nitrogens is 2. The number of nitrogens with zero attached hydrogens (tertiary/aromatic N) is 3. The van der Waals surface area contributed by atoms with Gasteiger partial charge in [0.05, 0.1) is 20.9 Å². The molecule has 132 valence electrons. The Kier molecular flexibility index (Phi) is 6.73. The first-order chi connectivity index (χ1) is 11.9. The fourth-order valence-electron chi connectivity index (χ4n) is 1.65. The van der Waals surface area contributed by atoms with Crippen molar-refractivity contribution in [3.63, 3.8) is 0 Å². The number of rotatable bonds is 8. The Balaban J connectivity index is 2.00. The van der Waals surface area contributed by atoms with Crippen molar-refractivity contribution in [3.8, 4) is 0 Å². The summed E-state index contributed by atoms with van der Waals surface area (Å²) in [6.07, 6.45) is 1.70. The molecule has 1 aromatic carbocycles. The summed E-state index contributed by atoms with van der Waals surface area (Å²) in [5.74, 6) is -0.344. The number of hydrogen-bond donors (Lipinski definition) is 2. The minimum atomic E-state index is -0.552. The van der Waals surface area contributed by atoms with Gasteiger partial charge in [-0.25, -0.2) is 0 Å². The van der Waals surface area contributed by atoms with E-state index in [4.69, 9.17) is 11.6 Å². The van der Waals surface area contributed by atoms with Crippen LogP contribution in [0.4, 0.5) is 16.5 Å². The van der Waals surface area contributed by atoms with Gasteiger partial charge in [0.15, 0.2) is 4.34 Å². The molecule has 11 heteroatoms. The third kappa shape index (κ3) is 5.41. The molecule has 0 aliphatic rings. The number of benzene rings is 1. The summed E-state index contributed by atoms with van der Waals surface area (Å²) in [6, 6.07) is 3.87. The molecule has 8 nitrogen and oxygen atoms in total. The monoisotopic (exact) mass is 399 g/mol. The molecule has 0 radical (unpaired) electrons. The highest BCUT2D eigenvalue weighted by atomic mass is 35.5. The van der Waals surface area contributed by atoms with Gasteiger partial charge in [0.1, 0.15) is 0 Å². The lowest BCUT2D eigenvalue weighted by atomic mass is 10.2. The summed E-state index contributed by atoms with van der Waals surface area (Å²) in [5.41, 5.74) is 0.0426. The van der Waals surface area contributed by atoms with Crippen LogP contribution >= 0.6 is 34.7 Å². The van der Waals surface area contributed by atoms with Gasteiger partial charge in [-0.15, -0.1) is 16.8 Å². The Bertz CT molecular complexity index is 799. The van der Waals surface area contributed by atoms with Crippen molar-refractivity contribution in [3.05, 3.63) is 46.0 Å². The summed E-state index contributed by atoms with van der Waals surface area (Å²) in [7, 11) is 0. The van der Waals surface area contributed by atoms with E-state index in [2.05, 4.69) is 27.4 Å². The van der Waals surface area contributed by atoms with Crippen molar-refractivity contribution in [2.75, 3.05) is 17.2 Å². The van der Waals surface area contributed by atoms with E-state index >= 15 is 0 Å². The molecule has 2 N–H and O–H groups in total. The van der Waals surface area contributed by atoms with Gasteiger partial charge < -0.3 is 10.6 Å². The van der Waals surface area contributed by atoms with Crippen LogP contribution in [0.3, 0.4) is 0 Å². The first kappa shape index (κ1) is 19.2. The molecular formula is C14H14ClN5O3S2. The Morgan fingerprint density at radius 2 is 2.32 bits per heavy atom. The van der Waals surface area contributed by atoms with E-state index < -0.39 is 10.2 Å². The van der Waals surface area contributed by atoms with Crippen LogP contribution in [0.25, 0.3) is 0 Å². The van der Waals surface area contributed by atoms with Crippen molar-refractivity contribution < 1.29 is 9.72 Å². The first-order valence-corrected chi connectivity index (χ1v) is 9.08. The number of amides is 1. The average Bonchev–Trinajstić information content (AvgIpc) is 3.01. The third-order valence-electron chi connectivity index (χ3n) is 2.87. The number of thioether (sulfide) groups is 1. The van der Waals surface area contributed by atoms with Gasteiger partial charge in [-0.05, 0) is 13.0 Å². The normalized spacial score (nSPS) is 11.6. The van der Waals surface area contributed by atoms with Crippen molar-refractivity contribution in [1.29, 1.82) is 0 Å². The molecule has 2 rings (SSSR count). The fourth-order valence-corrected chi connectivity index (χ4v) is 3.72. The summed E-state index contributed by atoms with van der Waals surface area (Å²) in [4.78, 5) is 22.6. The van der Waals surface area contributed by atoms with Crippen molar-refractivity contribution in [2.24, 2.45) is 0 Å². The molecule has 0 fully saturated rings. The Hall–Kier alpha value is -2.17. The van der Waals surface area contributed by atoms with Gasteiger partial charge in [0.2, 0.25) is 11.0 Å². The molecular weight excluding hydrogens is 386 g/mol. The molecule has 1 amide bonds. The minimum absolute atomic E-state index is 0.151. The standard InChI is InChI=1S/C14H14ClN5O3S2/c1-3-6-16-13-18-19-14(25-13)24-8(2)12(21)17-11-7-9(20(22)23)4-5-10(11)15/h3-5,7-8H,1,6H2,2H3,(H,16,18)(H,17,21).